The van der Waals surface area contributed by atoms with E-state index in [4.69, 9.17) is 4.74 Å². The van der Waals surface area contributed by atoms with Crippen molar-refractivity contribution < 1.29 is 9.53 Å². The Morgan fingerprint density at radius 1 is 1.42 bits per heavy atom. The van der Waals surface area contributed by atoms with Crippen LogP contribution in [0.1, 0.15) is 34.1 Å². The zero-order valence-electron chi connectivity index (χ0n) is 12.7. The van der Waals surface area contributed by atoms with Gasteiger partial charge in [0.25, 0.3) is 0 Å². The molecule has 0 spiro atoms. The molecule has 19 heavy (non-hydrogen) atoms. The van der Waals surface area contributed by atoms with Crippen molar-refractivity contribution in [1.82, 2.24) is 15.5 Å². The summed E-state index contributed by atoms with van der Waals surface area (Å²) in [4.78, 5) is 14.0. The van der Waals surface area contributed by atoms with Crippen LogP contribution in [0.15, 0.2) is 0 Å². The largest absolute Gasteiger partial charge is 0.379 e. The zero-order chi connectivity index (χ0) is 14.3. The standard InChI is InChI=1S/C14H29N3O2/c1-5-17(6-2)14(18)12(4)16-11(3)9-13-10-19-8-7-15-13/h11-13,15-16H,5-10H2,1-4H3. The van der Waals surface area contributed by atoms with Gasteiger partial charge in [0.1, 0.15) is 0 Å². The van der Waals surface area contributed by atoms with Crippen LogP contribution in [0.3, 0.4) is 0 Å². The number of morpholine rings is 1. The van der Waals surface area contributed by atoms with Gasteiger partial charge in [0, 0.05) is 31.7 Å². The normalized spacial score (nSPS) is 22.8. The molecule has 0 aliphatic carbocycles. The first kappa shape index (κ1) is 16.4. The molecule has 0 saturated carbocycles. The molecule has 1 aliphatic rings. The maximum atomic E-state index is 12.2. The first-order chi connectivity index (χ1) is 9.08. The Morgan fingerprint density at radius 3 is 2.63 bits per heavy atom. The third kappa shape index (κ3) is 5.47. The van der Waals surface area contributed by atoms with Gasteiger partial charge in [0.2, 0.25) is 5.91 Å². The number of likely N-dealkylation sites (N-methyl/N-ethyl adjacent to an activating group) is 1. The highest BCUT2D eigenvalue weighted by Gasteiger charge is 2.22. The first-order valence-corrected chi connectivity index (χ1v) is 7.44. The molecule has 0 aromatic carbocycles. The molecule has 1 fully saturated rings. The number of amides is 1. The Hall–Kier alpha value is -0.650. The minimum Gasteiger partial charge on any atom is -0.379 e. The molecule has 0 radical (unpaired) electrons. The van der Waals surface area contributed by atoms with Gasteiger partial charge >= 0.3 is 0 Å². The van der Waals surface area contributed by atoms with Gasteiger partial charge in [0.05, 0.1) is 19.3 Å². The molecule has 0 aromatic rings. The van der Waals surface area contributed by atoms with E-state index in [1.54, 1.807) is 0 Å². The summed E-state index contributed by atoms with van der Waals surface area (Å²) >= 11 is 0. The second kappa shape index (κ2) is 8.51. The Balaban J connectivity index is 2.33. The third-order valence-electron chi connectivity index (χ3n) is 3.62. The summed E-state index contributed by atoms with van der Waals surface area (Å²) in [5, 5.41) is 6.83. The average molecular weight is 271 g/mol. The van der Waals surface area contributed by atoms with Gasteiger partial charge in [-0.15, -0.1) is 0 Å². The van der Waals surface area contributed by atoms with Crippen LogP contribution in [-0.2, 0) is 9.53 Å². The summed E-state index contributed by atoms with van der Waals surface area (Å²) in [6.45, 7) is 12.1. The summed E-state index contributed by atoms with van der Waals surface area (Å²) in [6, 6.07) is 0.570. The fraction of sp³-hybridized carbons (Fsp3) is 0.929. The lowest BCUT2D eigenvalue weighted by molar-refractivity contribution is -0.132. The Kier molecular flexibility index (Phi) is 7.34. The van der Waals surface area contributed by atoms with Crippen LogP contribution in [0, 0.1) is 0 Å². The van der Waals surface area contributed by atoms with E-state index in [1.807, 2.05) is 25.7 Å². The third-order valence-corrected chi connectivity index (χ3v) is 3.62. The van der Waals surface area contributed by atoms with Crippen LogP contribution in [0.5, 0.6) is 0 Å². The molecular weight excluding hydrogens is 242 g/mol. The van der Waals surface area contributed by atoms with Gasteiger partial charge in [-0.2, -0.15) is 0 Å². The van der Waals surface area contributed by atoms with E-state index >= 15 is 0 Å². The van der Waals surface area contributed by atoms with E-state index in [0.29, 0.717) is 12.1 Å². The zero-order valence-corrected chi connectivity index (χ0v) is 12.7. The van der Waals surface area contributed by atoms with E-state index in [9.17, 15) is 4.79 Å². The second-order valence-electron chi connectivity index (χ2n) is 5.26. The predicted molar refractivity (Wildman–Crippen MR) is 77.2 cm³/mol. The van der Waals surface area contributed by atoms with Gasteiger partial charge in [-0.3, -0.25) is 4.79 Å². The number of hydrogen-bond donors (Lipinski definition) is 2. The summed E-state index contributed by atoms with van der Waals surface area (Å²) in [6.07, 6.45) is 0.982. The molecule has 1 heterocycles. The van der Waals surface area contributed by atoms with E-state index in [1.165, 1.54) is 0 Å². The molecule has 5 heteroatoms. The molecular formula is C14H29N3O2. The Morgan fingerprint density at radius 2 is 2.11 bits per heavy atom. The Labute approximate surface area is 117 Å². The molecule has 2 N–H and O–H groups in total. The SMILES string of the molecule is CCN(CC)C(=O)C(C)NC(C)CC1COCCN1. The highest BCUT2D eigenvalue weighted by molar-refractivity contribution is 5.81. The molecule has 3 atom stereocenters. The van der Waals surface area contributed by atoms with Crippen molar-refractivity contribution in [2.75, 3.05) is 32.8 Å². The van der Waals surface area contributed by atoms with Crippen LogP contribution in [0.2, 0.25) is 0 Å². The predicted octanol–water partition coefficient (Wildman–Crippen LogP) is 0.600. The van der Waals surface area contributed by atoms with Crippen molar-refractivity contribution in [1.29, 1.82) is 0 Å². The highest BCUT2D eigenvalue weighted by atomic mass is 16.5. The van der Waals surface area contributed by atoms with Gasteiger partial charge in [-0.1, -0.05) is 0 Å². The lowest BCUT2D eigenvalue weighted by Gasteiger charge is -2.29. The number of ether oxygens (including phenoxy) is 1. The number of hydrogen-bond acceptors (Lipinski definition) is 4. The molecule has 1 aliphatic heterocycles. The fourth-order valence-corrected chi connectivity index (χ4v) is 2.57. The monoisotopic (exact) mass is 271 g/mol. The van der Waals surface area contributed by atoms with Crippen LogP contribution < -0.4 is 10.6 Å². The van der Waals surface area contributed by atoms with Crippen molar-refractivity contribution in [3.8, 4) is 0 Å². The number of nitrogens with one attached hydrogen (secondary N) is 2. The lowest BCUT2D eigenvalue weighted by Crippen LogP contribution is -2.50. The average Bonchev–Trinajstić information content (AvgIpc) is 2.40. The number of carbonyl (C=O) groups is 1. The number of nitrogens with zero attached hydrogens (tertiary/aromatic N) is 1. The minimum absolute atomic E-state index is 0.126. The fourth-order valence-electron chi connectivity index (χ4n) is 2.57. The summed E-state index contributed by atoms with van der Waals surface area (Å²) < 4.78 is 5.44. The summed E-state index contributed by atoms with van der Waals surface area (Å²) in [5.41, 5.74) is 0. The van der Waals surface area contributed by atoms with Crippen molar-refractivity contribution in [2.24, 2.45) is 0 Å². The van der Waals surface area contributed by atoms with E-state index < -0.39 is 0 Å². The van der Waals surface area contributed by atoms with Crippen LogP contribution in [-0.4, -0.2) is 61.8 Å². The van der Waals surface area contributed by atoms with Gasteiger partial charge < -0.3 is 20.3 Å². The Bertz CT molecular complexity index is 263. The molecule has 0 bridgehead atoms. The number of carbonyl (C=O) groups excluding carboxylic acids is 1. The molecule has 1 amide bonds. The maximum Gasteiger partial charge on any atom is 0.239 e. The molecule has 1 saturated heterocycles. The molecule has 0 aromatic heterocycles. The highest BCUT2D eigenvalue weighted by Crippen LogP contribution is 2.04. The second-order valence-corrected chi connectivity index (χ2v) is 5.26. The van der Waals surface area contributed by atoms with Crippen molar-refractivity contribution in [3.63, 3.8) is 0 Å². The van der Waals surface area contributed by atoms with Gasteiger partial charge in [0.15, 0.2) is 0 Å². The van der Waals surface area contributed by atoms with Crippen molar-refractivity contribution in [2.45, 2.75) is 52.2 Å². The van der Waals surface area contributed by atoms with Gasteiger partial charge in [-0.25, -0.2) is 0 Å². The lowest BCUT2D eigenvalue weighted by atomic mass is 10.1. The van der Waals surface area contributed by atoms with Crippen LogP contribution >= 0.6 is 0 Å². The molecule has 1 rings (SSSR count). The molecule has 3 unspecified atom stereocenters. The number of rotatable bonds is 7. The van der Waals surface area contributed by atoms with E-state index in [0.717, 1.165) is 39.3 Å². The van der Waals surface area contributed by atoms with E-state index in [2.05, 4.69) is 17.6 Å². The summed E-state index contributed by atoms with van der Waals surface area (Å²) in [5.74, 6) is 0.185. The maximum absolute atomic E-state index is 12.2. The smallest absolute Gasteiger partial charge is 0.239 e. The molecule has 112 valence electrons. The first-order valence-electron chi connectivity index (χ1n) is 7.44. The van der Waals surface area contributed by atoms with Crippen LogP contribution in [0.4, 0.5) is 0 Å². The quantitative estimate of drug-likeness (QED) is 0.712. The van der Waals surface area contributed by atoms with E-state index in [-0.39, 0.29) is 11.9 Å². The minimum atomic E-state index is -0.126. The molecule has 5 nitrogen and oxygen atoms in total. The van der Waals surface area contributed by atoms with Crippen LogP contribution in [0.25, 0.3) is 0 Å². The summed E-state index contributed by atoms with van der Waals surface area (Å²) in [7, 11) is 0. The van der Waals surface area contributed by atoms with Crippen molar-refractivity contribution >= 4 is 5.91 Å². The van der Waals surface area contributed by atoms with Crippen molar-refractivity contribution in [3.05, 3.63) is 0 Å². The topological polar surface area (TPSA) is 53.6 Å². The van der Waals surface area contributed by atoms with Gasteiger partial charge in [-0.05, 0) is 34.1 Å².